The van der Waals surface area contributed by atoms with Crippen LogP contribution in [0.4, 0.5) is 0 Å². The molecule has 0 saturated carbocycles. The minimum atomic E-state index is -0.859. The number of carbonyl (C=O) groups excluding carboxylic acids is 1. The lowest BCUT2D eigenvalue weighted by atomic mass is 10.0. The maximum absolute atomic E-state index is 12.5. The van der Waals surface area contributed by atoms with Crippen LogP contribution in [0.1, 0.15) is 47.2 Å². The van der Waals surface area contributed by atoms with Crippen LogP contribution < -0.4 is 10.6 Å². The monoisotopic (exact) mass is 399 g/mol. The number of halogens is 1. The van der Waals surface area contributed by atoms with Gasteiger partial charge in [-0.25, -0.2) is 4.68 Å². The molecular weight excluding hydrogens is 378 g/mol. The number of amides is 1. The second-order valence-corrected chi connectivity index (χ2v) is 7.70. The van der Waals surface area contributed by atoms with E-state index < -0.39 is 17.6 Å². The van der Waals surface area contributed by atoms with Gasteiger partial charge in [-0.2, -0.15) is 0 Å². The molecule has 1 saturated heterocycles. The lowest BCUT2D eigenvalue weighted by Crippen LogP contribution is -2.41. The minimum absolute atomic E-state index is 0. The maximum Gasteiger partial charge on any atom is 0.320 e. The van der Waals surface area contributed by atoms with Gasteiger partial charge < -0.3 is 15.7 Å². The summed E-state index contributed by atoms with van der Waals surface area (Å²) in [4.78, 5) is 24.2. The summed E-state index contributed by atoms with van der Waals surface area (Å²) in [6, 6.07) is 1.29. The molecule has 1 fully saturated rings. The summed E-state index contributed by atoms with van der Waals surface area (Å²) in [5.74, 6) is -0.998. The largest absolute Gasteiger partial charge is 0.480 e. The van der Waals surface area contributed by atoms with E-state index in [1.54, 1.807) is 10.9 Å². The van der Waals surface area contributed by atoms with Crippen molar-refractivity contribution in [3.8, 4) is 0 Å². The number of hydrogen-bond donors (Lipinski definition) is 3. The molecule has 1 aliphatic heterocycles. The molecule has 0 aliphatic carbocycles. The van der Waals surface area contributed by atoms with E-state index in [2.05, 4.69) is 20.9 Å². The highest BCUT2D eigenvalue weighted by Gasteiger charge is 2.33. The highest BCUT2D eigenvalue weighted by molar-refractivity contribution is 7.12. The number of carboxylic acids is 1. The number of hydrogen-bond acceptors (Lipinski definition) is 6. The van der Waals surface area contributed by atoms with Gasteiger partial charge in [0.25, 0.3) is 5.91 Å². The lowest BCUT2D eigenvalue weighted by molar-refractivity contribution is -0.139. The molecule has 2 aromatic rings. The molecule has 0 aromatic carbocycles. The van der Waals surface area contributed by atoms with Crippen molar-refractivity contribution in [2.45, 2.75) is 44.8 Å². The van der Waals surface area contributed by atoms with Crippen molar-refractivity contribution in [2.24, 2.45) is 0 Å². The van der Waals surface area contributed by atoms with Crippen LogP contribution in [0, 0.1) is 6.92 Å². The van der Waals surface area contributed by atoms with Crippen LogP contribution in [-0.4, -0.2) is 44.6 Å². The molecule has 0 radical (unpaired) electrons. The van der Waals surface area contributed by atoms with Crippen LogP contribution in [0.15, 0.2) is 17.6 Å². The van der Waals surface area contributed by atoms with Crippen molar-refractivity contribution in [1.82, 2.24) is 25.6 Å². The standard InChI is InChI=1S/C16H21N5O3S.ClH/c1-9-4-5-25-13(9)14(22)18-16(2,3)12-8-21(20-19-12)10-6-11(15(23)24)17-7-10;/h4-5,8,10-11,17H,6-7H2,1-3H3,(H,18,22)(H,23,24);1H/t10-,11-;/m0./s1. The second kappa shape index (κ2) is 7.73. The zero-order valence-electron chi connectivity index (χ0n) is 14.7. The smallest absolute Gasteiger partial charge is 0.320 e. The Bertz CT molecular complexity index is 803. The first-order chi connectivity index (χ1) is 11.8. The highest BCUT2D eigenvalue weighted by Crippen LogP contribution is 2.24. The molecule has 1 aliphatic rings. The maximum atomic E-state index is 12.5. The summed E-state index contributed by atoms with van der Waals surface area (Å²) >= 11 is 1.40. The third-order valence-corrected chi connectivity index (χ3v) is 5.44. The SMILES string of the molecule is Cc1ccsc1C(=O)NC(C)(C)c1cn([C@@H]2CN[C@H](C(=O)O)C2)nn1.Cl. The van der Waals surface area contributed by atoms with Crippen LogP contribution in [0.5, 0.6) is 0 Å². The number of aliphatic carboxylic acids is 1. The van der Waals surface area contributed by atoms with Crippen molar-refractivity contribution in [3.63, 3.8) is 0 Å². The van der Waals surface area contributed by atoms with Gasteiger partial charge in [-0.3, -0.25) is 9.59 Å². The summed E-state index contributed by atoms with van der Waals surface area (Å²) in [5, 5.41) is 25.2. The van der Waals surface area contributed by atoms with E-state index in [-0.39, 0.29) is 24.4 Å². The third kappa shape index (κ3) is 4.05. The molecule has 3 N–H and O–H groups in total. The summed E-state index contributed by atoms with van der Waals surface area (Å²) in [7, 11) is 0. The van der Waals surface area contributed by atoms with E-state index >= 15 is 0 Å². The summed E-state index contributed by atoms with van der Waals surface area (Å²) in [6.07, 6.45) is 2.23. The Labute approximate surface area is 161 Å². The Morgan fingerprint density at radius 2 is 2.19 bits per heavy atom. The van der Waals surface area contributed by atoms with Crippen molar-refractivity contribution in [1.29, 1.82) is 0 Å². The molecule has 2 atom stereocenters. The van der Waals surface area contributed by atoms with E-state index in [0.29, 0.717) is 23.5 Å². The molecule has 1 amide bonds. The Hall–Kier alpha value is -1.97. The van der Waals surface area contributed by atoms with Gasteiger partial charge in [0.2, 0.25) is 0 Å². The Morgan fingerprint density at radius 3 is 2.77 bits per heavy atom. The number of nitrogens with one attached hydrogen (secondary N) is 2. The minimum Gasteiger partial charge on any atom is -0.480 e. The number of aryl methyl sites for hydroxylation is 1. The molecule has 10 heteroatoms. The zero-order valence-corrected chi connectivity index (χ0v) is 16.4. The van der Waals surface area contributed by atoms with E-state index in [4.69, 9.17) is 5.11 Å². The van der Waals surface area contributed by atoms with E-state index in [1.165, 1.54) is 11.3 Å². The molecule has 142 valence electrons. The number of carbonyl (C=O) groups is 2. The average Bonchev–Trinajstić information content (AvgIpc) is 3.26. The molecule has 0 spiro atoms. The van der Waals surface area contributed by atoms with Crippen LogP contribution in [-0.2, 0) is 10.3 Å². The molecule has 3 heterocycles. The van der Waals surface area contributed by atoms with Crippen LogP contribution >= 0.6 is 23.7 Å². The Balaban J connectivity index is 0.00000243. The number of rotatable bonds is 5. The second-order valence-electron chi connectivity index (χ2n) is 6.78. The van der Waals surface area contributed by atoms with E-state index in [9.17, 15) is 9.59 Å². The molecule has 2 aromatic heterocycles. The first-order valence-corrected chi connectivity index (χ1v) is 8.91. The van der Waals surface area contributed by atoms with Crippen LogP contribution in [0.3, 0.4) is 0 Å². The normalized spacial score (nSPS) is 19.8. The van der Waals surface area contributed by atoms with Crippen molar-refractivity contribution in [3.05, 3.63) is 33.8 Å². The van der Waals surface area contributed by atoms with Gasteiger partial charge >= 0.3 is 5.97 Å². The summed E-state index contributed by atoms with van der Waals surface area (Å²) in [6.45, 7) is 6.17. The highest BCUT2D eigenvalue weighted by atomic mass is 35.5. The third-order valence-electron chi connectivity index (χ3n) is 4.42. The molecular formula is C16H22ClN5O3S. The fourth-order valence-electron chi connectivity index (χ4n) is 2.86. The van der Waals surface area contributed by atoms with Gasteiger partial charge in [0, 0.05) is 6.54 Å². The van der Waals surface area contributed by atoms with Crippen LogP contribution in [0.25, 0.3) is 0 Å². The van der Waals surface area contributed by atoms with Gasteiger partial charge in [0.05, 0.1) is 22.7 Å². The van der Waals surface area contributed by atoms with Crippen LogP contribution in [0.2, 0.25) is 0 Å². The fraction of sp³-hybridized carbons (Fsp3) is 0.500. The Morgan fingerprint density at radius 1 is 1.46 bits per heavy atom. The van der Waals surface area contributed by atoms with Gasteiger partial charge in [-0.1, -0.05) is 5.21 Å². The van der Waals surface area contributed by atoms with Gasteiger partial charge in [0.1, 0.15) is 11.7 Å². The van der Waals surface area contributed by atoms with Crippen molar-refractivity contribution < 1.29 is 14.7 Å². The van der Waals surface area contributed by atoms with Gasteiger partial charge in [-0.15, -0.1) is 28.8 Å². The molecule has 8 nitrogen and oxygen atoms in total. The van der Waals surface area contributed by atoms with Crippen molar-refractivity contribution in [2.75, 3.05) is 6.54 Å². The zero-order chi connectivity index (χ0) is 18.2. The number of carboxylic acid groups (broad SMARTS) is 1. The molecule has 26 heavy (non-hydrogen) atoms. The molecule has 0 unspecified atom stereocenters. The Kier molecular flexibility index (Phi) is 6.05. The van der Waals surface area contributed by atoms with Gasteiger partial charge in [0.15, 0.2) is 0 Å². The van der Waals surface area contributed by atoms with Crippen molar-refractivity contribution >= 4 is 35.6 Å². The predicted molar refractivity (Wildman–Crippen MR) is 99.9 cm³/mol. The predicted octanol–water partition coefficient (Wildman–Crippen LogP) is 1.72. The molecule has 0 bridgehead atoms. The van der Waals surface area contributed by atoms with E-state index in [1.807, 2.05) is 32.2 Å². The summed E-state index contributed by atoms with van der Waals surface area (Å²) < 4.78 is 1.68. The van der Waals surface area contributed by atoms with Gasteiger partial charge in [-0.05, 0) is 44.2 Å². The quantitative estimate of drug-likeness (QED) is 0.706. The lowest BCUT2D eigenvalue weighted by Gasteiger charge is -2.23. The number of thiophene rings is 1. The molecule has 3 rings (SSSR count). The number of nitrogens with zero attached hydrogens (tertiary/aromatic N) is 3. The summed E-state index contributed by atoms with van der Waals surface area (Å²) in [5.41, 5.74) is 0.886. The topological polar surface area (TPSA) is 109 Å². The first kappa shape index (κ1) is 20.3. The first-order valence-electron chi connectivity index (χ1n) is 8.03. The number of aromatic nitrogens is 3. The fourth-order valence-corrected chi connectivity index (χ4v) is 3.68. The average molecular weight is 400 g/mol. The van der Waals surface area contributed by atoms with E-state index in [0.717, 1.165) is 5.56 Å².